The van der Waals surface area contributed by atoms with Crippen LogP contribution in [-0.2, 0) is 13.2 Å². The Kier molecular flexibility index (Phi) is 4.94. The van der Waals surface area contributed by atoms with E-state index in [1.54, 1.807) is 11.8 Å². The van der Waals surface area contributed by atoms with Gasteiger partial charge in [-0.05, 0) is 25.3 Å². The summed E-state index contributed by atoms with van der Waals surface area (Å²) in [5.74, 6) is 0.611. The summed E-state index contributed by atoms with van der Waals surface area (Å²) in [7, 11) is 0. The van der Waals surface area contributed by atoms with Gasteiger partial charge in [0.1, 0.15) is 5.75 Å². The van der Waals surface area contributed by atoms with Gasteiger partial charge >= 0.3 is 0 Å². The number of thioether (sulfide) groups is 1. The number of benzene rings is 1. The molecule has 1 aromatic carbocycles. The van der Waals surface area contributed by atoms with Gasteiger partial charge in [0.05, 0.1) is 19.8 Å². The van der Waals surface area contributed by atoms with E-state index in [1.807, 2.05) is 25.3 Å². The Balaban J connectivity index is 3.19. The standard InChI is InChI=1S/C11H16O3S/c1-3-14-11-8(6-12)4-10(15-2)5-9(11)7-13/h4-5,12-13H,3,6-7H2,1-2H3. The minimum Gasteiger partial charge on any atom is -0.493 e. The molecule has 4 heteroatoms. The van der Waals surface area contributed by atoms with E-state index in [0.717, 1.165) is 16.0 Å². The average molecular weight is 228 g/mol. The first-order valence-corrected chi connectivity index (χ1v) is 6.03. The first-order chi connectivity index (χ1) is 7.26. The molecule has 0 unspecified atom stereocenters. The van der Waals surface area contributed by atoms with Crippen LogP contribution in [0.2, 0.25) is 0 Å². The predicted molar refractivity (Wildman–Crippen MR) is 61.2 cm³/mol. The van der Waals surface area contributed by atoms with Gasteiger partial charge in [0, 0.05) is 16.0 Å². The Morgan fingerprint density at radius 2 is 1.73 bits per heavy atom. The van der Waals surface area contributed by atoms with Gasteiger partial charge in [0.15, 0.2) is 0 Å². The predicted octanol–water partition coefficient (Wildman–Crippen LogP) is 1.79. The lowest BCUT2D eigenvalue weighted by atomic mass is 10.1. The first kappa shape index (κ1) is 12.4. The Hall–Kier alpha value is -0.710. The summed E-state index contributed by atoms with van der Waals surface area (Å²) in [5, 5.41) is 18.4. The number of rotatable bonds is 5. The maximum Gasteiger partial charge on any atom is 0.130 e. The van der Waals surface area contributed by atoms with Gasteiger partial charge in [0.25, 0.3) is 0 Å². The topological polar surface area (TPSA) is 49.7 Å². The van der Waals surface area contributed by atoms with E-state index in [4.69, 9.17) is 4.74 Å². The Labute approximate surface area is 94.1 Å². The van der Waals surface area contributed by atoms with E-state index in [2.05, 4.69) is 0 Å². The van der Waals surface area contributed by atoms with Crippen LogP contribution < -0.4 is 4.74 Å². The average Bonchev–Trinajstić information content (AvgIpc) is 2.29. The van der Waals surface area contributed by atoms with Crippen LogP contribution in [0, 0.1) is 0 Å². The molecule has 0 aliphatic carbocycles. The first-order valence-electron chi connectivity index (χ1n) is 4.81. The van der Waals surface area contributed by atoms with Gasteiger partial charge in [-0.2, -0.15) is 0 Å². The van der Waals surface area contributed by atoms with Gasteiger partial charge in [0.2, 0.25) is 0 Å². The third kappa shape index (κ3) is 2.87. The van der Waals surface area contributed by atoms with Crippen molar-refractivity contribution >= 4 is 11.8 Å². The van der Waals surface area contributed by atoms with Crippen molar-refractivity contribution in [2.24, 2.45) is 0 Å². The fourth-order valence-electron chi connectivity index (χ4n) is 1.40. The fraction of sp³-hybridized carbons (Fsp3) is 0.455. The van der Waals surface area contributed by atoms with Gasteiger partial charge < -0.3 is 14.9 Å². The van der Waals surface area contributed by atoms with E-state index in [1.165, 1.54) is 0 Å². The van der Waals surface area contributed by atoms with Crippen LogP contribution in [0.25, 0.3) is 0 Å². The molecule has 0 atom stereocenters. The highest BCUT2D eigenvalue weighted by atomic mass is 32.2. The maximum absolute atomic E-state index is 9.21. The molecule has 0 aliphatic heterocycles. The normalized spacial score (nSPS) is 10.4. The van der Waals surface area contributed by atoms with Crippen LogP contribution in [0.3, 0.4) is 0 Å². The molecule has 0 amide bonds. The van der Waals surface area contributed by atoms with E-state index >= 15 is 0 Å². The summed E-state index contributed by atoms with van der Waals surface area (Å²) in [6.07, 6.45) is 1.96. The van der Waals surface area contributed by atoms with Gasteiger partial charge in [-0.3, -0.25) is 0 Å². The molecule has 0 aliphatic rings. The molecule has 0 saturated carbocycles. The van der Waals surface area contributed by atoms with E-state index < -0.39 is 0 Å². The summed E-state index contributed by atoms with van der Waals surface area (Å²) >= 11 is 1.58. The summed E-state index contributed by atoms with van der Waals surface area (Å²) < 4.78 is 5.42. The zero-order valence-electron chi connectivity index (χ0n) is 8.99. The molecule has 0 fully saturated rings. The summed E-state index contributed by atoms with van der Waals surface area (Å²) in [6, 6.07) is 3.77. The van der Waals surface area contributed by atoms with E-state index in [9.17, 15) is 10.2 Å². The molecule has 1 aromatic rings. The van der Waals surface area contributed by atoms with Gasteiger partial charge in [-0.25, -0.2) is 0 Å². The number of ether oxygens (including phenoxy) is 1. The molecular weight excluding hydrogens is 212 g/mol. The lowest BCUT2D eigenvalue weighted by Gasteiger charge is -2.14. The van der Waals surface area contributed by atoms with Gasteiger partial charge in [-0.15, -0.1) is 11.8 Å². The minimum absolute atomic E-state index is 0.0727. The molecule has 2 N–H and O–H groups in total. The molecule has 0 bridgehead atoms. The van der Waals surface area contributed by atoms with Crippen LogP contribution in [0.5, 0.6) is 5.75 Å². The van der Waals surface area contributed by atoms with Crippen molar-refractivity contribution in [3.8, 4) is 5.75 Å². The van der Waals surface area contributed by atoms with Crippen molar-refractivity contribution in [2.75, 3.05) is 12.9 Å². The van der Waals surface area contributed by atoms with Crippen LogP contribution in [0.15, 0.2) is 17.0 Å². The van der Waals surface area contributed by atoms with Crippen molar-refractivity contribution < 1.29 is 14.9 Å². The molecule has 15 heavy (non-hydrogen) atoms. The Bertz CT molecular complexity index is 301. The molecule has 0 radical (unpaired) electrons. The van der Waals surface area contributed by atoms with Crippen molar-refractivity contribution in [3.05, 3.63) is 23.3 Å². The molecule has 0 heterocycles. The van der Waals surface area contributed by atoms with Crippen molar-refractivity contribution in [3.63, 3.8) is 0 Å². The number of hydrogen-bond acceptors (Lipinski definition) is 4. The van der Waals surface area contributed by atoms with E-state index in [0.29, 0.717) is 12.4 Å². The molecular formula is C11H16O3S. The van der Waals surface area contributed by atoms with Crippen LogP contribution in [0.1, 0.15) is 18.1 Å². The van der Waals surface area contributed by atoms with E-state index in [-0.39, 0.29) is 13.2 Å². The largest absolute Gasteiger partial charge is 0.493 e. The second kappa shape index (κ2) is 6.00. The smallest absolute Gasteiger partial charge is 0.130 e. The fourth-order valence-corrected chi connectivity index (χ4v) is 1.93. The lowest BCUT2D eigenvalue weighted by molar-refractivity contribution is 0.251. The zero-order chi connectivity index (χ0) is 11.3. The Morgan fingerprint density at radius 1 is 1.20 bits per heavy atom. The number of aliphatic hydroxyl groups is 2. The highest BCUT2D eigenvalue weighted by Crippen LogP contribution is 2.30. The molecule has 1 rings (SSSR count). The van der Waals surface area contributed by atoms with Crippen LogP contribution in [-0.4, -0.2) is 23.1 Å². The number of aliphatic hydroxyl groups excluding tert-OH is 2. The second-order valence-corrected chi connectivity index (χ2v) is 3.90. The molecule has 84 valence electrons. The molecule has 0 aromatic heterocycles. The van der Waals surface area contributed by atoms with Crippen LogP contribution in [0.4, 0.5) is 0 Å². The lowest BCUT2D eigenvalue weighted by Crippen LogP contribution is -2.02. The minimum atomic E-state index is -0.0727. The van der Waals surface area contributed by atoms with Crippen molar-refractivity contribution in [2.45, 2.75) is 25.0 Å². The van der Waals surface area contributed by atoms with Crippen LogP contribution >= 0.6 is 11.8 Å². The summed E-state index contributed by atoms with van der Waals surface area (Å²) in [6.45, 7) is 2.26. The summed E-state index contributed by atoms with van der Waals surface area (Å²) in [5.41, 5.74) is 1.46. The van der Waals surface area contributed by atoms with Gasteiger partial charge in [-0.1, -0.05) is 0 Å². The quantitative estimate of drug-likeness (QED) is 0.754. The second-order valence-electron chi connectivity index (χ2n) is 3.02. The van der Waals surface area contributed by atoms with Crippen molar-refractivity contribution in [1.82, 2.24) is 0 Å². The zero-order valence-corrected chi connectivity index (χ0v) is 9.80. The molecule has 0 saturated heterocycles. The summed E-state index contributed by atoms with van der Waals surface area (Å²) in [4.78, 5) is 1.02. The SMILES string of the molecule is CCOc1c(CO)cc(SC)cc1CO. The third-order valence-corrected chi connectivity index (χ3v) is 2.79. The highest BCUT2D eigenvalue weighted by molar-refractivity contribution is 7.98. The maximum atomic E-state index is 9.21. The number of hydrogen-bond donors (Lipinski definition) is 2. The molecule has 3 nitrogen and oxygen atoms in total. The van der Waals surface area contributed by atoms with Crippen molar-refractivity contribution in [1.29, 1.82) is 0 Å². The third-order valence-electron chi connectivity index (χ3n) is 2.08. The molecule has 0 spiro atoms. The highest BCUT2D eigenvalue weighted by Gasteiger charge is 2.10. The monoisotopic (exact) mass is 228 g/mol. The Morgan fingerprint density at radius 3 is 2.07 bits per heavy atom.